The van der Waals surface area contributed by atoms with Crippen molar-refractivity contribution in [1.82, 2.24) is 0 Å². The average molecular weight is 223 g/mol. The highest BCUT2D eigenvalue weighted by Gasteiger charge is 2.26. The largest absolute Gasteiger partial charge is 0.504 e. The summed E-state index contributed by atoms with van der Waals surface area (Å²) in [6.45, 7) is 0. The van der Waals surface area contributed by atoms with E-state index < -0.39 is 5.75 Å². The van der Waals surface area contributed by atoms with Crippen molar-refractivity contribution >= 4 is 0 Å². The summed E-state index contributed by atoms with van der Waals surface area (Å²) in [6, 6.07) is 2.67. The van der Waals surface area contributed by atoms with Crippen LogP contribution in [0.15, 0.2) is 12.1 Å². The molecule has 0 saturated heterocycles. The first-order chi connectivity index (χ1) is 7.61. The first kappa shape index (κ1) is 11.1. The SMILES string of the molecule is N[C@H](c1ccc(O)c(O)c1O)C1CCCC1. The molecule has 1 fully saturated rings. The van der Waals surface area contributed by atoms with Gasteiger partial charge in [-0.3, -0.25) is 0 Å². The minimum absolute atomic E-state index is 0.269. The van der Waals surface area contributed by atoms with E-state index in [1.807, 2.05) is 0 Å². The lowest BCUT2D eigenvalue weighted by molar-refractivity contribution is 0.354. The van der Waals surface area contributed by atoms with Gasteiger partial charge in [0, 0.05) is 11.6 Å². The number of hydrogen-bond acceptors (Lipinski definition) is 4. The third-order valence-corrected chi connectivity index (χ3v) is 3.43. The predicted molar refractivity (Wildman–Crippen MR) is 60.3 cm³/mol. The van der Waals surface area contributed by atoms with Crippen LogP contribution in [0.3, 0.4) is 0 Å². The molecule has 0 amide bonds. The van der Waals surface area contributed by atoms with Crippen LogP contribution in [0.4, 0.5) is 0 Å². The predicted octanol–water partition coefficient (Wildman–Crippen LogP) is 1.99. The highest BCUT2D eigenvalue weighted by Crippen LogP contribution is 2.43. The molecule has 4 nitrogen and oxygen atoms in total. The molecule has 0 spiro atoms. The van der Waals surface area contributed by atoms with E-state index in [-0.39, 0.29) is 17.5 Å². The summed E-state index contributed by atoms with van der Waals surface area (Å²) >= 11 is 0. The van der Waals surface area contributed by atoms with Gasteiger partial charge in [0.1, 0.15) is 0 Å². The van der Waals surface area contributed by atoms with E-state index in [0.717, 1.165) is 12.8 Å². The number of aromatic hydroxyl groups is 3. The molecule has 2 rings (SSSR count). The van der Waals surface area contributed by atoms with Gasteiger partial charge in [0.2, 0.25) is 5.75 Å². The molecule has 0 heterocycles. The molecule has 1 aliphatic rings. The summed E-state index contributed by atoms with van der Waals surface area (Å²) in [6.07, 6.45) is 4.46. The van der Waals surface area contributed by atoms with E-state index in [4.69, 9.17) is 5.73 Å². The first-order valence-corrected chi connectivity index (χ1v) is 5.60. The maximum Gasteiger partial charge on any atom is 0.200 e. The number of phenolic OH excluding ortho intramolecular Hbond substituents is 3. The van der Waals surface area contributed by atoms with Crippen molar-refractivity contribution in [2.45, 2.75) is 31.7 Å². The van der Waals surface area contributed by atoms with E-state index >= 15 is 0 Å². The minimum atomic E-state index is -0.481. The maximum atomic E-state index is 9.72. The summed E-state index contributed by atoms with van der Waals surface area (Å²) in [5.74, 6) is -0.736. The molecule has 1 aromatic rings. The van der Waals surface area contributed by atoms with Crippen LogP contribution in [-0.4, -0.2) is 15.3 Å². The van der Waals surface area contributed by atoms with Gasteiger partial charge < -0.3 is 21.1 Å². The lowest BCUT2D eigenvalue weighted by Gasteiger charge is -2.20. The molecule has 88 valence electrons. The van der Waals surface area contributed by atoms with Crippen LogP contribution in [0.2, 0.25) is 0 Å². The molecular formula is C12H17NO3. The lowest BCUT2D eigenvalue weighted by atomic mass is 9.91. The molecule has 0 aliphatic heterocycles. The van der Waals surface area contributed by atoms with E-state index in [1.54, 1.807) is 6.07 Å². The smallest absolute Gasteiger partial charge is 0.200 e. The van der Waals surface area contributed by atoms with Crippen molar-refractivity contribution in [2.75, 3.05) is 0 Å². The number of phenols is 3. The average Bonchev–Trinajstić information content (AvgIpc) is 2.79. The van der Waals surface area contributed by atoms with Crippen molar-refractivity contribution in [3.8, 4) is 17.2 Å². The lowest BCUT2D eigenvalue weighted by Crippen LogP contribution is -2.19. The Morgan fingerprint density at radius 2 is 1.69 bits per heavy atom. The fraction of sp³-hybridized carbons (Fsp3) is 0.500. The van der Waals surface area contributed by atoms with Crippen LogP contribution in [0.1, 0.15) is 37.3 Å². The summed E-state index contributed by atoms with van der Waals surface area (Å²) in [7, 11) is 0. The van der Waals surface area contributed by atoms with Crippen molar-refractivity contribution in [3.63, 3.8) is 0 Å². The van der Waals surface area contributed by atoms with Crippen LogP contribution in [-0.2, 0) is 0 Å². The number of rotatable bonds is 2. The van der Waals surface area contributed by atoms with Crippen molar-refractivity contribution in [2.24, 2.45) is 11.7 Å². The van der Waals surface area contributed by atoms with Crippen LogP contribution in [0, 0.1) is 5.92 Å². The molecule has 0 bridgehead atoms. The normalized spacial score (nSPS) is 18.8. The summed E-state index contributed by atoms with van der Waals surface area (Å²) < 4.78 is 0. The quantitative estimate of drug-likeness (QED) is 0.577. The van der Waals surface area contributed by atoms with E-state index in [2.05, 4.69) is 0 Å². The molecule has 4 heteroatoms. The molecule has 0 unspecified atom stereocenters. The second kappa shape index (κ2) is 4.22. The zero-order valence-corrected chi connectivity index (χ0v) is 9.06. The van der Waals surface area contributed by atoms with Gasteiger partial charge in [-0.1, -0.05) is 12.8 Å². The Morgan fingerprint density at radius 3 is 2.31 bits per heavy atom. The Bertz CT molecular complexity index is 386. The summed E-state index contributed by atoms with van der Waals surface area (Å²) in [4.78, 5) is 0. The molecule has 16 heavy (non-hydrogen) atoms. The Kier molecular flexibility index (Phi) is 2.92. The monoisotopic (exact) mass is 223 g/mol. The molecule has 0 aromatic heterocycles. The zero-order chi connectivity index (χ0) is 11.7. The fourth-order valence-corrected chi connectivity index (χ4v) is 2.42. The molecule has 1 atom stereocenters. The second-order valence-electron chi connectivity index (χ2n) is 4.44. The topological polar surface area (TPSA) is 86.7 Å². The molecule has 1 aromatic carbocycles. The maximum absolute atomic E-state index is 9.72. The molecule has 5 N–H and O–H groups in total. The highest BCUT2D eigenvalue weighted by molar-refractivity contribution is 5.54. The van der Waals surface area contributed by atoms with Gasteiger partial charge in [-0.15, -0.1) is 0 Å². The fourth-order valence-electron chi connectivity index (χ4n) is 2.42. The Morgan fingerprint density at radius 1 is 1.06 bits per heavy atom. The summed E-state index contributed by atoms with van der Waals surface area (Å²) in [5.41, 5.74) is 6.58. The van der Waals surface area contributed by atoms with Gasteiger partial charge in [0.05, 0.1) is 0 Å². The van der Waals surface area contributed by atoms with Crippen molar-refractivity contribution in [1.29, 1.82) is 0 Å². The van der Waals surface area contributed by atoms with E-state index in [0.29, 0.717) is 11.5 Å². The van der Waals surface area contributed by atoms with Gasteiger partial charge >= 0.3 is 0 Å². The van der Waals surface area contributed by atoms with Gasteiger partial charge in [0.15, 0.2) is 11.5 Å². The van der Waals surface area contributed by atoms with Crippen LogP contribution >= 0.6 is 0 Å². The highest BCUT2D eigenvalue weighted by atomic mass is 16.3. The van der Waals surface area contributed by atoms with E-state index in [9.17, 15) is 15.3 Å². The number of benzene rings is 1. The number of hydrogen-bond donors (Lipinski definition) is 4. The Labute approximate surface area is 94.3 Å². The Hall–Kier alpha value is -1.42. The van der Waals surface area contributed by atoms with Crippen molar-refractivity contribution in [3.05, 3.63) is 17.7 Å². The van der Waals surface area contributed by atoms with E-state index in [1.165, 1.54) is 18.9 Å². The van der Waals surface area contributed by atoms with Gasteiger partial charge in [0.25, 0.3) is 0 Å². The summed E-state index contributed by atoms with van der Waals surface area (Å²) in [5, 5.41) is 28.4. The van der Waals surface area contributed by atoms with Gasteiger partial charge in [-0.25, -0.2) is 0 Å². The third-order valence-electron chi connectivity index (χ3n) is 3.43. The van der Waals surface area contributed by atoms with Gasteiger partial charge in [-0.05, 0) is 30.9 Å². The molecule has 0 radical (unpaired) electrons. The zero-order valence-electron chi connectivity index (χ0n) is 9.06. The van der Waals surface area contributed by atoms with Crippen LogP contribution in [0.25, 0.3) is 0 Å². The van der Waals surface area contributed by atoms with Crippen LogP contribution < -0.4 is 5.73 Å². The molecular weight excluding hydrogens is 206 g/mol. The first-order valence-electron chi connectivity index (χ1n) is 5.60. The minimum Gasteiger partial charge on any atom is -0.504 e. The van der Waals surface area contributed by atoms with Crippen molar-refractivity contribution < 1.29 is 15.3 Å². The molecule has 1 saturated carbocycles. The number of nitrogens with two attached hydrogens (primary N) is 1. The standard InChI is InChI=1S/C12H17NO3/c13-10(7-3-1-2-4-7)8-5-6-9(14)12(16)11(8)15/h5-7,10,14-16H,1-4,13H2/t10-/m0/s1. The Balaban J connectivity index is 2.29. The second-order valence-corrected chi connectivity index (χ2v) is 4.44. The van der Waals surface area contributed by atoms with Gasteiger partial charge in [-0.2, -0.15) is 0 Å². The van der Waals surface area contributed by atoms with Crippen LogP contribution in [0.5, 0.6) is 17.2 Å². The molecule has 1 aliphatic carbocycles. The third kappa shape index (κ3) is 1.80.